The Morgan fingerprint density at radius 3 is 2.66 bits per heavy atom. The molecule has 2 bridgehead atoms. The summed E-state index contributed by atoms with van der Waals surface area (Å²) in [6.07, 6.45) is 3.95. The number of amides is 1. The van der Waals surface area contributed by atoms with Crippen LogP contribution < -0.4 is 15.8 Å². The molecule has 178 valence electrons. The van der Waals surface area contributed by atoms with E-state index >= 15 is 0 Å². The zero-order chi connectivity index (χ0) is 24.5. The van der Waals surface area contributed by atoms with Crippen molar-refractivity contribution in [3.05, 3.63) is 71.6 Å². The van der Waals surface area contributed by atoms with Crippen LogP contribution in [-0.4, -0.2) is 32.0 Å². The van der Waals surface area contributed by atoms with Crippen LogP contribution in [0, 0.1) is 0 Å². The van der Waals surface area contributed by atoms with Crippen molar-refractivity contribution in [1.29, 1.82) is 0 Å². The number of rotatable bonds is 4. The zero-order valence-corrected chi connectivity index (χ0v) is 19.0. The van der Waals surface area contributed by atoms with Crippen LogP contribution in [0.5, 0.6) is 5.75 Å². The van der Waals surface area contributed by atoms with Crippen LogP contribution in [0.1, 0.15) is 59.9 Å². The van der Waals surface area contributed by atoms with Gasteiger partial charge >= 0.3 is 6.61 Å². The number of halogens is 2. The molecule has 35 heavy (non-hydrogen) atoms. The van der Waals surface area contributed by atoms with E-state index in [9.17, 15) is 13.6 Å². The summed E-state index contributed by atoms with van der Waals surface area (Å²) in [5.41, 5.74) is 9.46. The van der Waals surface area contributed by atoms with E-state index in [2.05, 4.69) is 15.3 Å². The Bertz CT molecular complexity index is 1480. The molecule has 2 aromatic heterocycles. The van der Waals surface area contributed by atoms with Crippen LogP contribution in [0.4, 0.5) is 8.78 Å². The minimum absolute atomic E-state index is 0.00228. The van der Waals surface area contributed by atoms with Crippen LogP contribution in [0.15, 0.2) is 48.8 Å². The zero-order valence-electron chi connectivity index (χ0n) is 19.0. The lowest BCUT2D eigenvalue weighted by Gasteiger charge is -2.21. The Hall–Kier alpha value is -3.92. The third-order valence-corrected chi connectivity index (χ3v) is 6.53. The molecule has 3 N–H and O–H groups in total. The van der Waals surface area contributed by atoms with Crippen molar-refractivity contribution in [1.82, 2.24) is 24.8 Å². The molecular formula is C25H22F2N6O2. The van der Waals surface area contributed by atoms with Gasteiger partial charge in [0, 0.05) is 29.1 Å². The van der Waals surface area contributed by atoms with Crippen LogP contribution in [0.3, 0.4) is 0 Å². The van der Waals surface area contributed by atoms with Crippen molar-refractivity contribution >= 4 is 16.9 Å². The highest BCUT2D eigenvalue weighted by Gasteiger charge is 2.42. The summed E-state index contributed by atoms with van der Waals surface area (Å²) in [5.74, 6) is 0.893. The van der Waals surface area contributed by atoms with Gasteiger partial charge in [0.2, 0.25) is 0 Å². The number of nitrogens with two attached hydrogens (primary N) is 1. The molecule has 2 aliphatic rings. The summed E-state index contributed by atoms with van der Waals surface area (Å²) in [6.45, 7) is 0.678. The number of hydrogen-bond acceptors (Lipinski definition) is 6. The van der Waals surface area contributed by atoms with Gasteiger partial charge in [0.05, 0.1) is 28.7 Å². The molecule has 2 atom stereocenters. The first-order chi connectivity index (χ1) is 16.7. The van der Waals surface area contributed by atoms with E-state index in [4.69, 9.17) is 15.5 Å². The number of benzene rings is 2. The van der Waals surface area contributed by atoms with Gasteiger partial charge in [-0.25, -0.2) is 15.0 Å². The first kappa shape index (κ1) is 21.6. The summed E-state index contributed by atoms with van der Waals surface area (Å²) >= 11 is 0. The van der Waals surface area contributed by atoms with Crippen molar-refractivity contribution in [3.8, 4) is 16.9 Å². The molecule has 8 nitrogen and oxygen atoms in total. The standard InChI is InChI=1S/C25H22F2N6O2/c1-25(2,28)23-29-10-13(11-30-23)12-6-7-15-17(8-12)33-18-9-16(21(33)31-15)32-22(34)14-4-3-5-19(20(14)18)35-24(26)27/h3-8,10-11,16,18,24H,9,28H2,1-2H3,(H,32,34)/t16-,18-/m1/s1. The SMILES string of the molecule is CC(C)(N)c1ncc(-c2ccc3nc4n(c3c2)[C@@H]2C[C@H]4NC(=O)c3cccc(OC(F)F)c32)cn1. The maximum absolute atomic E-state index is 13.2. The first-order valence-electron chi connectivity index (χ1n) is 11.2. The second-order valence-corrected chi connectivity index (χ2v) is 9.43. The molecule has 0 saturated heterocycles. The highest BCUT2D eigenvalue weighted by atomic mass is 19.3. The van der Waals surface area contributed by atoms with Gasteiger partial charge in [0.25, 0.3) is 5.91 Å². The number of alkyl halides is 2. The number of carbonyl (C=O) groups excluding carboxylic acids is 1. The minimum Gasteiger partial charge on any atom is -0.434 e. The quantitative estimate of drug-likeness (QED) is 0.460. The van der Waals surface area contributed by atoms with Gasteiger partial charge in [0.1, 0.15) is 17.4 Å². The number of hydrogen-bond donors (Lipinski definition) is 2. The summed E-state index contributed by atoms with van der Waals surface area (Å²) in [4.78, 5) is 26.5. The monoisotopic (exact) mass is 476 g/mol. The third kappa shape index (κ3) is 3.44. The van der Waals surface area contributed by atoms with Crippen LogP contribution in [-0.2, 0) is 5.54 Å². The first-order valence-corrected chi connectivity index (χ1v) is 11.2. The van der Waals surface area contributed by atoms with Gasteiger partial charge in [-0.3, -0.25) is 4.79 Å². The molecule has 4 heterocycles. The Morgan fingerprint density at radius 1 is 1.17 bits per heavy atom. The molecule has 0 aliphatic carbocycles. The highest BCUT2D eigenvalue weighted by Crippen LogP contribution is 2.47. The third-order valence-electron chi connectivity index (χ3n) is 6.53. The molecule has 2 aliphatic heterocycles. The number of ether oxygens (including phenoxy) is 1. The van der Waals surface area contributed by atoms with Gasteiger partial charge in [-0.2, -0.15) is 8.78 Å². The second-order valence-electron chi connectivity index (χ2n) is 9.43. The molecule has 0 unspecified atom stereocenters. The van der Waals surface area contributed by atoms with E-state index in [0.717, 1.165) is 22.2 Å². The maximum atomic E-state index is 13.2. The normalized spacial score (nSPS) is 18.9. The number of nitrogens with one attached hydrogen (secondary N) is 1. The van der Waals surface area contributed by atoms with E-state index in [1.807, 2.05) is 36.6 Å². The number of nitrogens with zero attached hydrogens (tertiary/aromatic N) is 4. The molecular weight excluding hydrogens is 454 g/mol. The topological polar surface area (TPSA) is 108 Å². The lowest BCUT2D eigenvalue weighted by molar-refractivity contribution is -0.0507. The van der Waals surface area contributed by atoms with Crippen LogP contribution in [0.25, 0.3) is 22.2 Å². The Kier molecular flexibility index (Phi) is 4.65. The lowest BCUT2D eigenvalue weighted by Crippen LogP contribution is -2.31. The molecule has 4 aromatic rings. The lowest BCUT2D eigenvalue weighted by atomic mass is 9.97. The van der Waals surface area contributed by atoms with E-state index < -0.39 is 18.2 Å². The van der Waals surface area contributed by atoms with Crippen molar-refractivity contribution in [2.45, 2.75) is 44.5 Å². The highest BCUT2D eigenvalue weighted by molar-refractivity contribution is 5.98. The number of fused-ring (bicyclic) bond motifs is 9. The second kappa shape index (κ2) is 7.54. The van der Waals surface area contributed by atoms with Crippen LogP contribution >= 0.6 is 0 Å². The van der Waals surface area contributed by atoms with E-state index in [1.165, 1.54) is 6.07 Å². The largest absolute Gasteiger partial charge is 0.434 e. The van der Waals surface area contributed by atoms with Gasteiger partial charge in [-0.1, -0.05) is 12.1 Å². The minimum atomic E-state index is -3.00. The van der Waals surface area contributed by atoms with E-state index in [0.29, 0.717) is 29.2 Å². The van der Waals surface area contributed by atoms with Crippen molar-refractivity contribution in [3.63, 3.8) is 0 Å². The molecule has 0 saturated carbocycles. The van der Waals surface area contributed by atoms with E-state index in [-0.39, 0.29) is 17.7 Å². The number of carbonyl (C=O) groups is 1. The van der Waals surface area contributed by atoms with Gasteiger partial charge < -0.3 is 20.4 Å². The van der Waals surface area contributed by atoms with Gasteiger partial charge in [-0.15, -0.1) is 0 Å². The van der Waals surface area contributed by atoms with Gasteiger partial charge in [0.15, 0.2) is 0 Å². The predicted molar refractivity (Wildman–Crippen MR) is 124 cm³/mol. The molecule has 0 radical (unpaired) electrons. The smallest absolute Gasteiger partial charge is 0.387 e. The number of imidazole rings is 1. The molecule has 0 spiro atoms. The van der Waals surface area contributed by atoms with Crippen molar-refractivity contribution in [2.75, 3.05) is 0 Å². The molecule has 1 amide bonds. The average molecular weight is 476 g/mol. The molecule has 6 rings (SSSR count). The Morgan fingerprint density at radius 2 is 1.94 bits per heavy atom. The predicted octanol–water partition coefficient (Wildman–Crippen LogP) is 4.07. The Balaban J connectivity index is 1.50. The fourth-order valence-electron chi connectivity index (χ4n) is 5.00. The maximum Gasteiger partial charge on any atom is 0.387 e. The van der Waals surface area contributed by atoms with Gasteiger partial charge in [-0.05, 0) is 50.1 Å². The fourth-order valence-corrected chi connectivity index (χ4v) is 5.00. The molecule has 0 fully saturated rings. The Labute approximate surface area is 199 Å². The summed E-state index contributed by atoms with van der Waals surface area (Å²) in [5, 5.41) is 2.99. The number of aromatic nitrogens is 4. The van der Waals surface area contributed by atoms with Crippen molar-refractivity contribution in [2.24, 2.45) is 5.73 Å². The van der Waals surface area contributed by atoms with Crippen molar-refractivity contribution < 1.29 is 18.3 Å². The van der Waals surface area contributed by atoms with Crippen LogP contribution in [0.2, 0.25) is 0 Å². The average Bonchev–Trinajstić information content (AvgIpc) is 3.30. The fraction of sp³-hybridized carbons (Fsp3) is 0.280. The summed E-state index contributed by atoms with van der Waals surface area (Å²) in [6, 6.07) is 9.72. The van der Waals surface area contributed by atoms with E-state index in [1.54, 1.807) is 24.5 Å². The molecule has 2 aromatic carbocycles. The summed E-state index contributed by atoms with van der Waals surface area (Å²) in [7, 11) is 0. The summed E-state index contributed by atoms with van der Waals surface area (Å²) < 4.78 is 33.2. The molecule has 10 heteroatoms.